The molecule has 110 valence electrons. The van der Waals surface area contributed by atoms with E-state index in [0.717, 1.165) is 0 Å². The van der Waals surface area contributed by atoms with Crippen LogP contribution in [0.15, 0.2) is 47.9 Å². The number of benzene rings is 1. The molecule has 0 spiro atoms. The molecule has 1 aromatic carbocycles. The number of halogens is 1. The highest BCUT2D eigenvalue weighted by molar-refractivity contribution is 6.02. The minimum atomic E-state index is -0.272. The number of hydrogen-bond donors (Lipinski definition) is 2. The molecule has 0 amide bonds. The van der Waals surface area contributed by atoms with E-state index in [1.165, 1.54) is 6.07 Å². The third kappa shape index (κ3) is 2.94. The first kappa shape index (κ1) is 14.8. The van der Waals surface area contributed by atoms with Crippen LogP contribution in [0.4, 0.5) is 10.1 Å². The zero-order valence-electron chi connectivity index (χ0n) is 11.9. The maximum Gasteiger partial charge on any atom is 0.172 e. The zero-order chi connectivity index (χ0) is 15.4. The number of rotatable bonds is 4. The Labute approximate surface area is 122 Å². The SMILES string of the molecule is CC(c1ccccc1F)N(C)c1cnccc1/C(N)=N/O. The molecular weight excluding hydrogens is 271 g/mol. The summed E-state index contributed by atoms with van der Waals surface area (Å²) < 4.78 is 13.9. The fourth-order valence-corrected chi connectivity index (χ4v) is 2.17. The lowest BCUT2D eigenvalue weighted by molar-refractivity contribution is 0.318. The van der Waals surface area contributed by atoms with Crippen molar-refractivity contribution in [1.29, 1.82) is 0 Å². The summed E-state index contributed by atoms with van der Waals surface area (Å²) in [6.07, 6.45) is 3.16. The van der Waals surface area contributed by atoms with Gasteiger partial charge in [-0.1, -0.05) is 23.4 Å². The van der Waals surface area contributed by atoms with E-state index in [9.17, 15) is 4.39 Å². The van der Waals surface area contributed by atoms with E-state index in [2.05, 4.69) is 10.1 Å². The van der Waals surface area contributed by atoms with E-state index < -0.39 is 0 Å². The molecule has 0 radical (unpaired) electrons. The Morgan fingerprint density at radius 3 is 2.76 bits per heavy atom. The summed E-state index contributed by atoms with van der Waals surface area (Å²) in [5.41, 5.74) is 7.43. The molecule has 0 aliphatic carbocycles. The van der Waals surface area contributed by atoms with Crippen molar-refractivity contribution in [2.45, 2.75) is 13.0 Å². The Bertz CT molecular complexity index is 660. The monoisotopic (exact) mass is 288 g/mol. The predicted molar refractivity (Wildman–Crippen MR) is 80.0 cm³/mol. The number of anilines is 1. The number of nitrogens with zero attached hydrogens (tertiary/aromatic N) is 3. The van der Waals surface area contributed by atoms with Crippen LogP contribution >= 0.6 is 0 Å². The maximum atomic E-state index is 13.9. The molecule has 2 rings (SSSR count). The fraction of sp³-hybridized carbons (Fsp3) is 0.200. The Morgan fingerprint density at radius 1 is 1.38 bits per heavy atom. The van der Waals surface area contributed by atoms with Crippen LogP contribution in [0.2, 0.25) is 0 Å². The highest BCUT2D eigenvalue weighted by atomic mass is 19.1. The molecule has 0 fully saturated rings. The minimum absolute atomic E-state index is 0.0139. The summed E-state index contributed by atoms with van der Waals surface area (Å²) in [5, 5.41) is 11.9. The first-order valence-electron chi connectivity index (χ1n) is 6.45. The van der Waals surface area contributed by atoms with Gasteiger partial charge in [0, 0.05) is 24.4 Å². The van der Waals surface area contributed by atoms with Gasteiger partial charge in [-0.3, -0.25) is 4.98 Å². The lowest BCUT2D eigenvalue weighted by atomic mass is 10.1. The van der Waals surface area contributed by atoms with Gasteiger partial charge in [0.15, 0.2) is 5.84 Å². The van der Waals surface area contributed by atoms with Crippen LogP contribution in [-0.2, 0) is 0 Å². The second-order valence-electron chi connectivity index (χ2n) is 4.69. The average molecular weight is 288 g/mol. The molecule has 21 heavy (non-hydrogen) atoms. The molecule has 0 aliphatic rings. The number of oxime groups is 1. The first-order chi connectivity index (χ1) is 10.1. The molecule has 0 saturated carbocycles. The van der Waals surface area contributed by atoms with Gasteiger partial charge in [-0.05, 0) is 19.1 Å². The topological polar surface area (TPSA) is 74.7 Å². The second kappa shape index (κ2) is 6.21. The van der Waals surface area contributed by atoms with Crippen molar-refractivity contribution in [2.24, 2.45) is 10.9 Å². The molecule has 0 aliphatic heterocycles. The summed E-state index contributed by atoms with van der Waals surface area (Å²) in [5.74, 6) is -0.286. The summed E-state index contributed by atoms with van der Waals surface area (Å²) >= 11 is 0. The molecule has 1 aromatic heterocycles. The van der Waals surface area contributed by atoms with Crippen molar-refractivity contribution in [3.8, 4) is 0 Å². The minimum Gasteiger partial charge on any atom is -0.409 e. The fourth-order valence-electron chi connectivity index (χ4n) is 2.17. The Balaban J connectivity index is 2.41. The van der Waals surface area contributed by atoms with Crippen LogP contribution in [0.1, 0.15) is 24.1 Å². The lowest BCUT2D eigenvalue weighted by Crippen LogP contribution is -2.26. The summed E-state index contributed by atoms with van der Waals surface area (Å²) in [6.45, 7) is 1.88. The van der Waals surface area contributed by atoms with Crippen LogP contribution in [0.25, 0.3) is 0 Å². The van der Waals surface area contributed by atoms with Crippen molar-refractivity contribution in [2.75, 3.05) is 11.9 Å². The third-order valence-electron chi connectivity index (χ3n) is 3.50. The highest BCUT2D eigenvalue weighted by Crippen LogP contribution is 2.28. The smallest absolute Gasteiger partial charge is 0.172 e. The van der Waals surface area contributed by atoms with Gasteiger partial charge in [0.2, 0.25) is 0 Å². The van der Waals surface area contributed by atoms with Gasteiger partial charge in [0.05, 0.1) is 17.9 Å². The van der Waals surface area contributed by atoms with Gasteiger partial charge in [-0.2, -0.15) is 0 Å². The molecule has 6 heteroatoms. The van der Waals surface area contributed by atoms with E-state index in [4.69, 9.17) is 10.9 Å². The Hall–Kier alpha value is -2.63. The van der Waals surface area contributed by atoms with Crippen LogP contribution < -0.4 is 10.6 Å². The molecule has 3 N–H and O–H groups in total. The molecule has 1 unspecified atom stereocenters. The molecule has 5 nitrogen and oxygen atoms in total. The largest absolute Gasteiger partial charge is 0.409 e. The third-order valence-corrected chi connectivity index (χ3v) is 3.50. The summed E-state index contributed by atoms with van der Waals surface area (Å²) in [6, 6.07) is 8.01. The van der Waals surface area contributed by atoms with Gasteiger partial charge in [-0.25, -0.2) is 4.39 Å². The second-order valence-corrected chi connectivity index (χ2v) is 4.69. The van der Waals surface area contributed by atoms with E-state index in [1.54, 1.807) is 36.7 Å². The van der Waals surface area contributed by atoms with E-state index in [1.807, 2.05) is 18.9 Å². The number of hydrogen-bond acceptors (Lipinski definition) is 4. The molecular formula is C15H17FN4O. The Morgan fingerprint density at radius 2 is 2.10 bits per heavy atom. The van der Waals surface area contributed by atoms with Crippen molar-refractivity contribution in [3.05, 3.63) is 59.7 Å². The first-order valence-corrected chi connectivity index (χ1v) is 6.45. The van der Waals surface area contributed by atoms with E-state index in [0.29, 0.717) is 16.8 Å². The average Bonchev–Trinajstić information content (AvgIpc) is 2.53. The molecule has 1 atom stereocenters. The van der Waals surface area contributed by atoms with Crippen LogP contribution in [-0.4, -0.2) is 23.1 Å². The maximum absolute atomic E-state index is 13.9. The normalized spacial score (nSPS) is 13.0. The standard InChI is InChI=1S/C15H17FN4O/c1-10(11-5-3-4-6-13(11)16)20(2)14-9-18-8-7-12(14)15(17)19-21/h3-10,21H,1-2H3,(H2,17,19). The number of nitrogens with two attached hydrogens (primary N) is 1. The molecule has 2 aromatic rings. The van der Waals surface area contributed by atoms with Gasteiger partial charge >= 0.3 is 0 Å². The van der Waals surface area contributed by atoms with Gasteiger partial charge in [-0.15, -0.1) is 0 Å². The zero-order valence-corrected chi connectivity index (χ0v) is 11.9. The van der Waals surface area contributed by atoms with Gasteiger partial charge in [0.1, 0.15) is 5.82 Å². The quantitative estimate of drug-likeness (QED) is 0.392. The number of aromatic nitrogens is 1. The van der Waals surface area contributed by atoms with Crippen LogP contribution in [0.3, 0.4) is 0 Å². The number of amidine groups is 1. The predicted octanol–water partition coefficient (Wildman–Crippen LogP) is 2.51. The van der Waals surface area contributed by atoms with E-state index in [-0.39, 0.29) is 17.7 Å². The van der Waals surface area contributed by atoms with Crippen LogP contribution in [0, 0.1) is 5.82 Å². The summed E-state index contributed by atoms with van der Waals surface area (Å²) in [7, 11) is 1.81. The van der Waals surface area contributed by atoms with Gasteiger partial charge in [0.25, 0.3) is 0 Å². The van der Waals surface area contributed by atoms with Crippen molar-refractivity contribution in [1.82, 2.24) is 4.98 Å². The van der Waals surface area contributed by atoms with Crippen molar-refractivity contribution >= 4 is 11.5 Å². The number of pyridine rings is 1. The van der Waals surface area contributed by atoms with Crippen molar-refractivity contribution in [3.63, 3.8) is 0 Å². The van der Waals surface area contributed by atoms with Crippen LogP contribution in [0.5, 0.6) is 0 Å². The molecule has 0 bridgehead atoms. The molecule has 0 saturated heterocycles. The molecule has 1 heterocycles. The van der Waals surface area contributed by atoms with E-state index >= 15 is 0 Å². The lowest BCUT2D eigenvalue weighted by Gasteiger charge is -2.28. The van der Waals surface area contributed by atoms with Crippen molar-refractivity contribution < 1.29 is 9.60 Å². The highest BCUT2D eigenvalue weighted by Gasteiger charge is 2.19. The van der Waals surface area contributed by atoms with Gasteiger partial charge < -0.3 is 15.8 Å². The summed E-state index contributed by atoms with van der Waals surface area (Å²) in [4.78, 5) is 5.89. The Kier molecular flexibility index (Phi) is 4.37.